The molecule has 0 aromatic heterocycles. The van der Waals surface area contributed by atoms with E-state index in [1.807, 2.05) is 13.8 Å². The van der Waals surface area contributed by atoms with E-state index < -0.39 is 17.6 Å². The lowest BCUT2D eigenvalue weighted by molar-refractivity contribution is -0.137. The number of amides is 1. The second kappa shape index (κ2) is 7.23. The number of alkyl halides is 3. The molecule has 0 saturated heterocycles. The van der Waals surface area contributed by atoms with E-state index in [1.165, 1.54) is 41.7 Å². The summed E-state index contributed by atoms with van der Waals surface area (Å²) in [5.41, 5.74) is -0.719. The van der Waals surface area contributed by atoms with Crippen LogP contribution in [0.4, 0.5) is 18.9 Å². The van der Waals surface area contributed by atoms with Crippen LogP contribution in [0.25, 0.3) is 0 Å². The summed E-state index contributed by atoms with van der Waals surface area (Å²) in [6.07, 6.45) is -2.50. The zero-order chi connectivity index (χ0) is 18.0. The highest BCUT2D eigenvalue weighted by Crippen LogP contribution is 2.43. The van der Waals surface area contributed by atoms with E-state index >= 15 is 0 Å². The predicted molar refractivity (Wildman–Crippen MR) is 91.9 cm³/mol. The van der Waals surface area contributed by atoms with Crippen LogP contribution in [0.3, 0.4) is 0 Å². The standard InChI is InChI=1S/C16H16F3NO2S2/c1-15(2)8-12(21)7-14(24-15)23-9-13(22)20-11-5-3-4-10(6-11)16(17,18)19/h3-7H,8-9H2,1-2H3,(H,20,22). The number of nitrogens with one attached hydrogen (secondary N) is 1. The van der Waals surface area contributed by atoms with Gasteiger partial charge in [-0.3, -0.25) is 9.59 Å². The molecule has 0 aliphatic carbocycles. The SMILES string of the molecule is CC1(C)CC(=O)C=C(SCC(=O)Nc2cccc(C(F)(F)F)c2)S1. The number of carbonyl (C=O) groups excluding carboxylic acids is 2. The fraction of sp³-hybridized carbons (Fsp3) is 0.375. The maximum atomic E-state index is 12.6. The first-order valence-corrected chi connectivity index (χ1v) is 8.89. The first kappa shape index (κ1) is 18.9. The van der Waals surface area contributed by atoms with Crippen molar-refractivity contribution >= 4 is 40.9 Å². The Hall–Kier alpha value is -1.41. The molecule has 1 N–H and O–H groups in total. The van der Waals surface area contributed by atoms with Gasteiger partial charge in [-0.1, -0.05) is 6.07 Å². The second-order valence-electron chi connectivity index (χ2n) is 5.88. The van der Waals surface area contributed by atoms with Crippen LogP contribution >= 0.6 is 23.5 Å². The van der Waals surface area contributed by atoms with Crippen molar-refractivity contribution in [1.82, 2.24) is 0 Å². The highest BCUT2D eigenvalue weighted by molar-refractivity contribution is 8.23. The molecule has 0 unspecified atom stereocenters. The van der Waals surface area contributed by atoms with Gasteiger partial charge < -0.3 is 5.32 Å². The van der Waals surface area contributed by atoms with E-state index in [0.29, 0.717) is 6.42 Å². The van der Waals surface area contributed by atoms with Gasteiger partial charge in [-0.2, -0.15) is 13.2 Å². The highest BCUT2D eigenvalue weighted by Gasteiger charge is 2.31. The van der Waals surface area contributed by atoms with Crippen LogP contribution < -0.4 is 5.32 Å². The predicted octanol–water partition coefficient (Wildman–Crippen LogP) is 4.70. The van der Waals surface area contributed by atoms with Gasteiger partial charge in [0.1, 0.15) is 0 Å². The van der Waals surface area contributed by atoms with Crippen molar-refractivity contribution in [2.24, 2.45) is 0 Å². The van der Waals surface area contributed by atoms with Gasteiger partial charge in [-0.15, -0.1) is 23.5 Å². The molecular weight excluding hydrogens is 359 g/mol. The number of allylic oxidation sites excluding steroid dienone is 1. The molecule has 0 bridgehead atoms. The summed E-state index contributed by atoms with van der Waals surface area (Å²) in [6.45, 7) is 3.90. The minimum atomic E-state index is -4.45. The molecule has 3 nitrogen and oxygen atoms in total. The van der Waals surface area contributed by atoms with Gasteiger partial charge in [0.25, 0.3) is 0 Å². The third-order valence-corrected chi connectivity index (χ3v) is 5.50. The lowest BCUT2D eigenvalue weighted by Crippen LogP contribution is -2.23. The Labute approximate surface area is 146 Å². The molecule has 130 valence electrons. The molecule has 0 saturated carbocycles. The maximum absolute atomic E-state index is 12.6. The first-order chi connectivity index (χ1) is 11.0. The fourth-order valence-corrected chi connectivity index (χ4v) is 4.72. The number of halogens is 3. The van der Waals surface area contributed by atoms with Gasteiger partial charge in [-0.25, -0.2) is 0 Å². The van der Waals surface area contributed by atoms with Crippen LogP contribution in [0, 0.1) is 0 Å². The minimum Gasteiger partial charge on any atom is -0.325 e. The third kappa shape index (κ3) is 5.59. The van der Waals surface area contributed by atoms with Crippen molar-refractivity contribution in [2.45, 2.75) is 31.2 Å². The average Bonchev–Trinajstić information content (AvgIpc) is 2.42. The molecule has 24 heavy (non-hydrogen) atoms. The molecule has 1 aliphatic rings. The number of benzene rings is 1. The topological polar surface area (TPSA) is 46.2 Å². The van der Waals surface area contributed by atoms with Crippen molar-refractivity contribution in [3.8, 4) is 0 Å². The molecule has 1 aromatic rings. The maximum Gasteiger partial charge on any atom is 0.416 e. The van der Waals surface area contributed by atoms with Crippen LogP contribution in [0.5, 0.6) is 0 Å². The van der Waals surface area contributed by atoms with Crippen LogP contribution in [-0.4, -0.2) is 22.2 Å². The van der Waals surface area contributed by atoms with Gasteiger partial charge >= 0.3 is 6.18 Å². The summed E-state index contributed by atoms with van der Waals surface area (Å²) >= 11 is 2.73. The summed E-state index contributed by atoms with van der Waals surface area (Å²) in [7, 11) is 0. The Morgan fingerprint density at radius 1 is 1.38 bits per heavy atom. The van der Waals surface area contributed by atoms with Crippen molar-refractivity contribution in [3.05, 3.63) is 40.1 Å². The first-order valence-electron chi connectivity index (χ1n) is 7.09. The Bertz CT molecular complexity index is 684. The lowest BCUT2D eigenvalue weighted by Gasteiger charge is -2.27. The quantitative estimate of drug-likeness (QED) is 0.828. The molecule has 2 rings (SSSR count). The minimum absolute atomic E-state index is 0.0135. The Balaban J connectivity index is 1.94. The smallest absolute Gasteiger partial charge is 0.325 e. The van der Waals surface area contributed by atoms with Crippen molar-refractivity contribution in [1.29, 1.82) is 0 Å². The normalized spacial score (nSPS) is 17.4. The number of ketones is 1. The summed E-state index contributed by atoms with van der Waals surface area (Å²) in [5, 5.41) is 2.44. The molecule has 0 radical (unpaired) electrons. The number of anilines is 1. The van der Waals surface area contributed by atoms with Gasteiger partial charge in [-0.05, 0) is 32.0 Å². The van der Waals surface area contributed by atoms with E-state index in [-0.39, 0.29) is 22.0 Å². The summed E-state index contributed by atoms with van der Waals surface area (Å²) in [4.78, 5) is 23.6. The van der Waals surface area contributed by atoms with E-state index in [9.17, 15) is 22.8 Å². The zero-order valence-corrected chi connectivity index (χ0v) is 14.7. The number of thioether (sulfide) groups is 2. The average molecular weight is 375 g/mol. The van der Waals surface area contributed by atoms with E-state index in [2.05, 4.69) is 5.32 Å². The summed E-state index contributed by atoms with van der Waals surface area (Å²) in [5.74, 6) is -0.380. The molecule has 1 heterocycles. The molecule has 0 atom stereocenters. The van der Waals surface area contributed by atoms with E-state index in [1.54, 1.807) is 0 Å². The van der Waals surface area contributed by atoms with Crippen molar-refractivity contribution in [2.75, 3.05) is 11.1 Å². The van der Waals surface area contributed by atoms with Crippen LogP contribution in [-0.2, 0) is 15.8 Å². The van der Waals surface area contributed by atoms with Crippen molar-refractivity contribution < 1.29 is 22.8 Å². The van der Waals surface area contributed by atoms with Crippen LogP contribution in [0.2, 0.25) is 0 Å². The van der Waals surface area contributed by atoms with Crippen molar-refractivity contribution in [3.63, 3.8) is 0 Å². The monoisotopic (exact) mass is 375 g/mol. The fourth-order valence-electron chi connectivity index (χ4n) is 2.12. The third-order valence-electron chi connectivity index (χ3n) is 3.07. The molecule has 1 aliphatic heterocycles. The number of hydrogen-bond donors (Lipinski definition) is 1. The number of hydrogen-bond acceptors (Lipinski definition) is 4. The Morgan fingerprint density at radius 2 is 2.08 bits per heavy atom. The Morgan fingerprint density at radius 3 is 2.71 bits per heavy atom. The number of carbonyl (C=O) groups is 2. The van der Waals surface area contributed by atoms with E-state index in [0.717, 1.165) is 16.4 Å². The highest BCUT2D eigenvalue weighted by atomic mass is 32.2. The molecule has 0 spiro atoms. The van der Waals surface area contributed by atoms with Gasteiger partial charge in [0.05, 0.1) is 11.3 Å². The molecule has 0 fully saturated rings. The van der Waals surface area contributed by atoms with Crippen LogP contribution in [0.1, 0.15) is 25.8 Å². The zero-order valence-electron chi connectivity index (χ0n) is 13.1. The molecule has 1 aromatic carbocycles. The van der Waals surface area contributed by atoms with Gasteiger partial charge in [0.15, 0.2) is 5.78 Å². The van der Waals surface area contributed by atoms with E-state index in [4.69, 9.17) is 0 Å². The molecule has 8 heteroatoms. The summed E-state index contributed by atoms with van der Waals surface area (Å²) in [6, 6.07) is 4.48. The summed E-state index contributed by atoms with van der Waals surface area (Å²) < 4.78 is 38.5. The Kier molecular flexibility index (Phi) is 5.70. The number of rotatable bonds is 4. The van der Waals surface area contributed by atoms with Gasteiger partial charge in [0.2, 0.25) is 5.91 Å². The lowest BCUT2D eigenvalue weighted by atomic mass is 10.1. The second-order valence-corrected chi connectivity index (χ2v) is 8.91. The van der Waals surface area contributed by atoms with Crippen LogP contribution in [0.15, 0.2) is 34.6 Å². The van der Waals surface area contributed by atoms with Gasteiger partial charge in [0, 0.05) is 27.2 Å². The molecule has 1 amide bonds. The molecular formula is C16H16F3NO2S2. The largest absolute Gasteiger partial charge is 0.416 e.